The highest BCUT2D eigenvalue weighted by molar-refractivity contribution is 8.37. The highest BCUT2D eigenvalue weighted by Crippen LogP contribution is 2.60. The summed E-state index contributed by atoms with van der Waals surface area (Å²) in [5.41, 5.74) is 6.49. The van der Waals surface area contributed by atoms with Crippen molar-refractivity contribution in [1.29, 1.82) is 0 Å². The molecule has 0 amide bonds. The average molecular weight is 341 g/mol. The summed E-state index contributed by atoms with van der Waals surface area (Å²) in [4.78, 5) is 2.71. The average Bonchev–Trinajstić information content (AvgIpc) is 3.17. The predicted molar refractivity (Wildman–Crippen MR) is 97.4 cm³/mol. The van der Waals surface area contributed by atoms with E-state index < -0.39 is 0 Å². The molecule has 0 radical (unpaired) electrons. The van der Waals surface area contributed by atoms with Gasteiger partial charge in [-0.15, -0.1) is 0 Å². The molecule has 2 nitrogen and oxygen atoms in total. The van der Waals surface area contributed by atoms with Gasteiger partial charge in [-0.05, 0) is 87.8 Å². The van der Waals surface area contributed by atoms with E-state index in [1.54, 1.807) is 0 Å². The van der Waals surface area contributed by atoms with Gasteiger partial charge >= 0.3 is 0 Å². The minimum Gasteiger partial charge on any atom is -0.384 e. The molecule has 0 aromatic rings. The molecule has 0 aromatic carbocycles. The molecule has 4 fully saturated rings. The predicted octanol–water partition coefficient (Wildman–Crippen LogP) is 4.22. The van der Waals surface area contributed by atoms with E-state index in [9.17, 15) is 0 Å². The lowest BCUT2D eigenvalue weighted by Crippen LogP contribution is -2.59. The van der Waals surface area contributed by atoms with Crippen LogP contribution in [-0.4, -0.2) is 24.6 Å². The van der Waals surface area contributed by atoms with Crippen molar-refractivity contribution in [3.63, 3.8) is 0 Å². The smallest absolute Gasteiger partial charge is 0.144 e. The molecule has 4 aliphatic rings. The molecule has 116 valence electrons. The van der Waals surface area contributed by atoms with Crippen LogP contribution in [0.5, 0.6) is 0 Å². The van der Waals surface area contributed by atoms with E-state index in [0.717, 1.165) is 16.2 Å². The van der Waals surface area contributed by atoms with Gasteiger partial charge in [-0.2, -0.15) is 0 Å². The lowest BCUT2D eigenvalue weighted by molar-refractivity contribution is 0.0627. The van der Waals surface area contributed by atoms with Gasteiger partial charge < -0.3 is 10.6 Å². The Morgan fingerprint density at radius 2 is 1.33 bits per heavy atom. The molecule has 21 heavy (non-hydrogen) atoms. The van der Waals surface area contributed by atoms with Crippen LogP contribution in [-0.2, 0) is 0 Å². The van der Waals surface area contributed by atoms with Crippen LogP contribution in [0.25, 0.3) is 0 Å². The molecule has 0 saturated heterocycles. The lowest BCUT2D eigenvalue weighted by Gasteiger charge is -2.52. The van der Waals surface area contributed by atoms with E-state index in [2.05, 4.69) is 4.90 Å². The molecule has 4 rings (SSSR count). The molecule has 0 atom stereocenters. The van der Waals surface area contributed by atoms with E-state index in [0.29, 0.717) is 15.4 Å². The third-order valence-electron chi connectivity index (χ3n) is 6.73. The number of thiocarbonyl (C=S) groups is 2. The molecule has 0 heterocycles. The fraction of sp³-hybridized carbons (Fsp3) is 0.875. The lowest BCUT2D eigenvalue weighted by atomic mass is 9.84. The minimum atomic E-state index is 0.346. The Labute approximate surface area is 142 Å². The highest BCUT2D eigenvalue weighted by Gasteiger charge is 2.59. The maximum absolute atomic E-state index is 5.86. The number of fused-ring (bicyclic) bond motifs is 4. The van der Waals surface area contributed by atoms with Crippen LogP contribution in [0.1, 0.15) is 64.2 Å². The number of thioether (sulfide) groups is 1. The van der Waals surface area contributed by atoms with E-state index in [1.165, 1.54) is 76.0 Å². The SMILES string of the molecule is NC(=S)SC(=S)N(C12CCC(CC1)C2)C12CCC(CC1)C2. The quantitative estimate of drug-likeness (QED) is 0.760. The second-order valence-electron chi connectivity index (χ2n) is 7.77. The third kappa shape index (κ3) is 2.26. The zero-order valence-corrected chi connectivity index (χ0v) is 14.9. The first kappa shape index (κ1) is 14.7. The van der Waals surface area contributed by atoms with Gasteiger partial charge in [0.1, 0.15) is 8.64 Å². The summed E-state index contributed by atoms with van der Waals surface area (Å²) >= 11 is 12.5. The summed E-state index contributed by atoms with van der Waals surface area (Å²) in [5, 5.41) is 0. The van der Waals surface area contributed by atoms with Crippen molar-refractivity contribution in [3.8, 4) is 0 Å². The molecule has 2 N–H and O–H groups in total. The standard InChI is InChI=1S/C16H24N2S3/c17-13(19)21-14(20)18(15-5-1-11(9-15)2-6-15)16-7-3-12(10-16)4-8-16/h11-12H,1-10H2,(H2,17,19). The molecule has 4 aliphatic carbocycles. The molecular formula is C16H24N2S3. The second kappa shape index (κ2) is 5.07. The maximum atomic E-state index is 5.86. The Balaban J connectivity index is 1.69. The van der Waals surface area contributed by atoms with Crippen molar-refractivity contribution in [2.24, 2.45) is 17.6 Å². The third-order valence-corrected chi connectivity index (χ3v) is 7.97. The highest BCUT2D eigenvalue weighted by atomic mass is 32.2. The molecule has 0 aliphatic heterocycles. The van der Waals surface area contributed by atoms with Crippen LogP contribution >= 0.6 is 36.2 Å². The summed E-state index contributed by atoms with van der Waals surface area (Å²) in [5.74, 6) is 1.89. The van der Waals surface area contributed by atoms with Crippen LogP contribution in [0.2, 0.25) is 0 Å². The summed E-state index contributed by atoms with van der Waals surface area (Å²) < 4.78 is 1.46. The Bertz CT molecular complexity index is 444. The van der Waals surface area contributed by atoms with Crippen LogP contribution in [0, 0.1) is 11.8 Å². The normalized spacial score (nSPS) is 43.4. The Kier molecular flexibility index (Phi) is 3.55. The van der Waals surface area contributed by atoms with Crippen molar-refractivity contribution in [3.05, 3.63) is 0 Å². The van der Waals surface area contributed by atoms with Gasteiger partial charge in [0.2, 0.25) is 0 Å². The number of hydrogen-bond donors (Lipinski definition) is 1. The van der Waals surface area contributed by atoms with Gasteiger partial charge in [0.05, 0.1) is 0 Å². The number of nitrogens with zero attached hydrogens (tertiary/aromatic N) is 1. The van der Waals surface area contributed by atoms with Crippen LogP contribution in [0.3, 0.4) is 0 Å². The van der Waals surface area contributed by atoms with Crippen molar-refractivity contribution in [1.82, 2.24) is 4.90 Å². The van der Waals surface area contributed by atoms with E-state index >= 15 is 0 Å². The summed E-state index contributed by atoms with van der Waals surface area (Å²) in [6.45, 7) is 0. The molecule has 0 aromatic heterocycles. The fourth-order valence-electron chi connectivity index (χ4n) is 5.97. The van der Waals surface area contributed by atoms with Crippen molar-refractivity contribution < 1.29 is 0 Å². The number of nitrogens with two attached hydrogens (primary N) is 1. The number of hydrogen-bond acceptors (Lipinski definition) is 3. The zero-order chi connectivity index (χ0) is 14.7. The maximum Gasteiger partial charge on any atom is 0.144 e. The summed E-state index contributed by atoms with van der Waals surface area (Å²) in [7, 11) is 0. The first-order valence-corrected chi connectivity index (χ1v) is 9.98. The second-order valence-corrected chi connectivity index (χ2v) is 10.1. The first-order valence-electron chi connectivity index (χ1n) is 8.35. The van der Waals surface area contributed by atoms with Gasteiger partial charge in [0.15, 0.2) is 0 Å². The van der Waals surface area contributed by atoms with Gasteiger partial charge in [-0.1, -0.05) is 24.4 Å². The van der Waals surface area contributed by atoms with Gasteiger partial charge in [-0.25, -0.2) is 0 Å². The molecule has 4 bridgehead atoms. The summed E-state index contributed by atoms with van der Waals surface area (Å²) in [6.07, 6.45) is 13.7. The molecule has 0 spiro atoms. The van der Waals surface area contributed by atoms with E-state index in [1.807, 2.05) is 0 Å². The fourth-order valence-corrected chi connectivity index (χ4v) is 7.68. The molecule has 4 saturated carbocycles. The van der Waals surface area contributed by atoms with Crippen molar-refractivity contribution in [2.75, 3.05) is 0 Å². The zero-order valence-electron chi connectivity index (χ0n) is 12.5. The van der Waals surface area contributed by atoms with Crippen molar-refractivity contribution in [2.45, 2.75) is 75.3 Å². The molecule has 0 unspecified atom stereocenters. The molecular weight excluding hydrogens is 316 g/mol. The largest absolute Gasteiger partial charge is 0.384 e. The van der Waals surface area contributed by atoms with E-state index in [-0.39, 0.29) is 0 Å². The van der Waals surface area contributed by atoms with Gasteiger partial charge in [0, 0.05) is 11.1 Å². The van der Waals surface area contributed by atoms with Gasteiger partial charge in [0.25, 0.3) is 0 Å². The monoisotopic (exact) mass is 340 g/mol. The van der Waals surface area contributed by atoms with Crippen LogP contribution < -0.4 is 5.73 Å². The number of rotatable bonds is 2. The Morgan fingerprint density at radius 3 is 1.62 bits per heavy atom. The topological polar surface area (TPSA) is 29.3 Å². The molecule has 5 heteroatoms. The van der Waals surface area contributed by atoms with Crippen LogP contribution in [0.4, 0.5) is 0 Å². The minimum absolute atomic E-state index is 0.346. The summed E-state index contributed by atoms with van der Waals surface area (Å²) in [6, 6.07) is 0. The Morgan fingerprint density at radius 1 is 0.905 bits per heavy atom. The van der Waals surface area contributed by atoms with E-state index in [4.69, 9.17) is 30.2 Å². The van der Waals surface area contributed by atoms with Crippen LogP contribution in [0.15, 0.2) is 0 Å². The Hall–Kier alpha value is 0.130. The van der Waals surface area contributed by atoms with Gasteiger partial charge in [-0.3, -0.25) is 0 Å². The van der Waals surface area contributed by atoms with Crippen molar-refractivity contribution >= 4 is 44.8 Å². The first-order chi connectivity index (χ1) is 10.0.